The first-order valence-electron chi connectivity index (χ1n) is 10.6. The summed E-state index contributed by atoms with van der Waals surface area (Å²) in [5.74, 6) is 0.159. The van der Waals surface area contributed by atoms with Crippen molar-refractivity contribution in [3.8, 4) is 10.6 Å². The van der Waals surface area contributed by atoms with Crippen LogP contribution in [0.15, 0.2) is 71.5 Å². The Kier molecular flexibility index (Phi) is 5.79. The molecule has 4 aromatic rings. The van der Waals surface area contributed by atoms with Gasteiger partial charge < -0.3 is 4.90 Å². The molecule has 32 heavy (non-hydrogen) atoms. The zero-order valence-corrected chi connectivity index (χ0v) is 18.4. The third kappa shape index (κ3) is 4.46. The Morgan fingerprint density at radius 3 is 2.34 bits per heavy atom. The molecule has 0 radical (unpaired) electrons. The zero-order chi connectivity index (χ0) is 21.9. The molecule has 0 aliphatic carbocycles. The van der Waals surface area contributed by atoms with E-state index in [1.165, 1.54) is 15.9 Å². The highest BCUT2D eigenvalue weighted by Gasteiger charge is 2.22. The summed E-state index contributed by atoms with van der Waals surface area (Å²) in [6, 6.07) is 21.2. The van der Waals surface area contributed by atoms with Crippen molar-refractivity contribution in [1.29, 1.82) is 0 Å². The van der Waals surface area contributed by atoms with Crippen LogP contribution in [0.3, 0.4) is 0 Å². The molecule has 162 valence electrons. The van der Waals surface area contributed by atoms with E-state index < -0.39 is 0 Å². The molecule has 0 atom stereocenters. The van der Waals surface area contributed by atoms with Crippen LogP contribution in [0.5, 0.6) is 0 Å². The van der Waals surface area contributed by atoms with E-state index in [9.17, 15) is 9.59 Å². The van der Waals surface area contributed by atoms with Crippen LogP contribution in [-0.4, -0.2) is 56.5 Å². The Morgan fingerprint density at radius 1 is 0.938 bits per heavy atom. The molecule has 0 N–H and O–H groups in total. The molecule has 8 heteroatoms. The van der Waals surface area contributed by atoms with Gasteiger partial charge in [0.1, 0.15) is 5.01 Å². The second-order valence-electron chi connectivity index (χ2n) is 7.87. The predicted molar refractivity (Wildman–Crippen MR) is 125 cm³/mol. The second-order valence-corrected chi connectivity index (χ2v) is 8.83. The fourth-order valence-corrected chi connectivity index (χ4v) is 4.83. The van der Waals surface area contributed by atoms with E-state index in [0.29, 0.717) is 31.0 Å². The molecule has 0 spiro atoms. The maximum atomic E-state index is 12.6. The first kappa shape index (κ1) is 20.5. The van der Waals surface area contributed by atoms with Crippen LogP contribution in [0.4, 0.5) is 0 Å². The van der Waals surface area contributed by atoms with Gasteiger partial charge in [-0.2, -0.15) is 9.61 Å². The Hall–Kier alpha value is -3.36. The lowest BCUT2D eigenvalue weighted by Crippen LogP contribution is -2.48. The molecule has 2 aromatic carbocycles. The quantitative estimate of drug-likeness (QED) is 0.472. The van der Waals surface area contributed by atoms with E-state index in [1.54, 1.807) is 6.07 Å². The van der Waals surface area contributed by atoms with Crippen LogP contribution >= 0.6 is 11.3 Å². The summed E-state index contributed by atoms with van der Waals surface area (Å²) < 4.78 is 1.37. The monoisotopic (exact) mass is 445 g/mol. The fraction of sp³-hybridized carbons (Fsp3) is 0.250. The van der Waals surface area contributed by atoms with E-state index in [1.807, 2.05) is 65.6 Å². The number of piperazine rings is 1. The summed E-state index contributed by atoms with van der Waals surface area (Å²) in [6.07, 6.45) is 0.435. The molecule has 0 unspecified atom stereocenters. The third-order valence-electron chi connectivity index (χ3n) is 5.63. The fourth-order valence-electron chi connectivity index (χ4n) is 3.90. The lowest BCUT2D eigenvalue weighted by Gasteiger charge is -2.34. The first-order chi connectivity index (χ1) is 15.7. The number of hydrogen-bond acceptors (Lipinski definition) is 6. The van der Waals surface area contributed by atoms with Gasteiger partial charge >= 0.3 is 0 Å². The number of rotatable bonds is 5. The van der Waals surface area contributed by atoms with Gasteiger partial charge in [0, 0.05) is 44.4 Å². The molecule has 3 heterocycles. The van der Waals surface area contributed by atoms with Crippen molar-refractivity contribution in [2.75, 3.05) is 26.2 Å². The first-order valence-corrected chi connectivity index (χ1v) is 11.5. The predicted octanol–water partition coefficient (Wildman–Crippen LogP) is 2.70. The van der Waals surface area contributed by atoms with Crippen molar-refractivity contribution < 1.29 is 4.79 Å². The van der Waals surface area contributed by atoms with Gasteiger partial charge in [0.2, 0.25) is 10.9 Å². The van der Waals surface area contributed by atoms with Crippen molar-refractivity contribution in [1.82, 2.24) is 24.4 Å². The van der Waals surface area contributed by atoms with Gasteiger partial charge in [0.25, 0.3) is 5.56 Å². The SMILES string of the molecule is O=C(Cc1ccccc1)N1CCN(Cc2cc(=O)n3nc(-c4ccccc4)sc3n2)CC1. The van der Waals surface area contributed by atoms with Crippen molar-refractivity contribution in [2.24, 2.45) is 0 Å². The van der Waals surface area contributed by atoms with E-state index in [0.717, 1.165) is 34.9 Å². The summed E-state index contributed by atoms with van der Waals surface area (Å²) in [4.78, 5) is 34.6. The molecular formula is C24H23N5O2S. The molecule has 0 saturated carbocycles. The number of carbonyl (C=O) groups excluding carboxylic acids is 1. The molecule has 2 aromatic heterocycles. The molecule has 7 nitrogen and oxygen atoms in total. The van der Waals surface area contributed by atoms with Crippen LogP contribution < -0.4 is 5.56 Å². The van der Waals surface area contributed by atoms with E-state index in [4.69, 9.17) is 0 Å². The minimum absolute atomic E-state index is 0.159. The summed E-state index contributed by atoms with van der Waals surface area (Å²) in [5, 5.41) is 5.21. The van der Waals surface area contributed by atoms with Crippen LogP contribution in [-0.2, 0) is 17.8 Å². The number of amides is 1. The van der Waals surface area contributed by atoms with E-state index in [2.05, 4.69) is 15.0 Å². The minimum Gasteiger partial charge on any atom is -0.340 e. The number of hydrogen-bond donors (Lipinski definition) is 0. The number of benzene rings is 2. The highest BCUT2D eigenvalue weighted by atomic mass is 32.1. The Morgan fingerprint density at radius 2 is 1.62 bits per heavy atom. The molecule has 0 bridgehead atoms. The van der Waals surface area contributed by atoms with Crippen LogP contribution in [0, 0.1) is 0 Å². The van der Waals surface area contributed by atoms with Crippen LogP contribution in [0.1, 0.15) is 11.3 Å². The second kappa shape index (κ2) is 9.02. The molecule has 1 fully saturated rings. The van der Waals surface area contributed by atoms with Gasteiger partial charge in [-0.3, -0.25) is 14.5 Å². The molecular weight excluding hydrogens is 422 g/mol. The van der Waals surface area contributed by atoms with E-state index >= 15 is 0 Å². The summed E-state index contributed by atoms with van der Waals surface area (Å²) in [6.45, 7) is 3.49. The molecule has 1 aliphatic heterocycles. The largest absolute Gasteiger partial charge is 0.340 e. The van der Waals surface area contributed by atoms with Gasteiger partial charge in [0.15, 0.2) is 0 Å². The smallest absolute Gasteiger partial charge is 0.275 e. The lowest BCUT2D eigenvalue weighted by molar-refractivity contribution is -0.132. The Balaban J connectivity index is 1.23. The topological polar surface area (TPSA) is 70.8 Å². The Bertz CT molecular complexity index is 1280. The average Bonchev–Trinajstić information content (AvgIpc) is 3.26. The maximum Gasteiger partial charge on any atom is 0.275 e. The molecule has 1 amide bonds. The molecule has 1 saturated heterocycles. The van der Waals surface area contributed by atoms with E-state index in [-0.39, 0.29) is 11.5 Å². The van der Waals surface area contributed by atoms with Gasteiger partial charge in [-0.1, -0.05) is 72.0 Å². The average molecular weight is 446 g/mol. The summed E-state index contributed by atoms with van der Waals surface area (Å²) in [7, 11) is 0. The number of fused-ring (bicyclic) bond motifs is 1. The van der Waals surface area contributed by atoms with Gasteiger partial charge in [0.05, 0.1) is 12.1 Å². The van der Waals surface area contributed by atoms with Crippen molar-refractivity contribution in [3.05, 3.63) is 88.3 Å². The van der Waals surface area contributed by atoms with Crippen molar-refractivity contribution in [2.45, 2.75) is 13.0 Å². The normalized spacial score (nSPS) is 14.7. The van der Waals surface area contributed by atoms with Crippen molar-refractivity contribution in [3.63, 3.8) is 0 Å². The number of carbonyl (C=O) groups is 1. The van der Waals surface area contributed by atoms with Gasteiger partial charge in [-0.05, 0) is 5.56 Å². The molecule has 5 rings (SSSR count). The highest BCUT2D eigenvalue weighted by Crippen LogP contribution is 2.24. The molecule has 1 aliphatic rings. The number of aromatic nitrogens is 3. The minimum atomic E-state index is -0.167. The summed E-state index contributed by atoms with van der Waals surface area (Å²) in [5.41, 5.74) is 2.58. The maximum absolute atomic E-state index is 12.6. The van der Waals surface area contributed by atoms with Gasteiger partial charge in [-0.25, -0.2) is 4.98 Å². The highest BCUT2D eigenvalue weighted by molar-refractivity contribution is 7.19. The van der Waals surface area contributed by atoms with Gasteiger partial charge in [-0.15, -0.1) is 0 Å². The third-order valence-corrected chi connectivity index (χ3v) is 6.59. The number of nitrogens with zero attached hydrogens (tertiary/aromatic N) is 5. The van der Waals surface area contributed by atoms with Crippen LogP contribution in [0.25, 0.3) is 15.5 Å². The standard InChI is InChI=1S/C24H23N5O2S/c30-21(15-18-7-3-1-4-8-18)28-13-11-27(12-14-28)17-20-16-22(31)29-24(25-20)32-23(26-29)19-9-5-2-6-10-19/h1-10,16H,11-15,17H2. The summed E-state index contributed by atoms with van der Waals surface area (Å²) >= 11 is 1.42. The Labute approximate surface area is 189 Å². The van der Waals surface area contributed by atoms with Crippen molar-refractivity contribution >= 4 is 22.2 Å². The van der Waals surface area contributed by atoms with Crippen LogP contribution in [0.2, 0.25) is 0 Å². The lowest BCUT2D eigenvalue weighted by atomic mass is 10.1. The zero-order valence-electron chi connectivity index (χ0n) is 17.6.